The molecule has 8 nitrogen and oxygen atoms in total. The number of nitrogens with one attached hydrogen (secondary N) is 2. The van der Waals surface area contributed by atoms with E-state index in [1.807, 2.05) is 6.07 Å². The summed E-state index contributed by atoms with van der Waals surface area (Å²) in [5, 5.41) is 11.9. The molecule has 0 bridgehead atoms. The molecule has 0 saturated heterocycles. The van der Waals surface area contributed by atoms with Crippen LogP contribution in [0.15, 0.2) is 49.2 Å². The van der Waals surface area contributed by atoms with Gasteiger partial charge in [-0.25, -0.2) is 15.0 Å². The summed E-state index contributed by atoms with van der Waals surface area (Å²) in [7, 11) is 0. The van der Waals surface area contributed by atoms with Gasteiger partial charge in [-0.05, 0) is 30.3 Å². The van der Waals surface area contributed by atoms with Crippen LogP contribution in [-0.2, 0) is 0 Å². The summed E-state index contributed by atoms with van der Waals surface area (Å²) in [5.74, 6) is 1.96. The van der Waals surface area contributed by atoms with E-state index in [1.54, 1.807) is 30.5 Å². The molecular weight excluding hydrogens is 330 g/mol. The number of hydrogen-bond acceptors (Lipinski definition) is 7. The van der Waals surface area contributed by atoms with Gasteiger partial charge in [-0.2, -0.15) is 0 Å². The molecular formula is C15H10ClN7O. The lowest BCUT2D eigenvalue weighted by Gasteiger charge is -2.09. The molecule has 0 atom stereocenters. The summed E-state index contributed by atoms with van der Waals surface area (Å²) in [5.41, 5.74) is 0.756. The van der Waals surface area contributed by atoms with E-state index in [-0.39, 0.29) is 0 Å². The Hall–Kier alpha value is -3.26. The first-order chi connectivity index (χ1) is 11.8. The molecule has 4 aromatic rings. The van der Waals surface area contributed by atoms with Crippen LogP contribution in [0.1, 0.15) is 0 Å². The number of nitrogens with zero attached hydrogens (tertiary/aromatic N) is 5. The second-order valence-corrected chi connectivity index (χ2v) is 5.16. The Balaban J connectivity index is 1.72. The van der Waals surface area contributed by atoms with Crippen LogP contribution in [0.2, 0.25) is 5.02 Å². The Bertz CT molecular complexity index is 990. The number of pyridine rings is 1. The first kappa shape index (κ1) is 14.3. The van der Waals surface area contributed by atoms with Gasteiger partial charge in [0, 0.05) is 11.6 Å². The molecule has 0 fully saturated rings. The minimum Gasteiger partial charge on any atom is -0.438 e. The summed E-state index contributed by atoms with van der Waals surface area (Å²) in [4.78, 5) is 15.5. The number of rotatable bonds is 4. The molecule has 3 heterocycles. The van der Waals surface area contributed by atoms with Gasteiger partial charge in [0.1, 0.15) is 29.2 Å². The van der Waals surface area contributed by atoms with Gasteiger partial charge in [0.2, 0.25) is 11.8 Å². The van der Waals surface area contributed by atoms with Gasteiger partial charge >= 0.3 is 0 Å². The third-order valence-electron chi connectivity index (χ3n) is 3.20. The first-order valence-corrected chi connectivity index (χ1v) is 7.33. The first-order valence-electron chi connectivity index (χ1n) is 6.96. The molecule has 0 amide bonds. The zero-order chi connectivity index (χ0) is 16.4. The lowest BCUT2D eigenvalue weighted by molar-refractivity contribution is 0.464. The van der Waals surface area contributed by atoms with Crippen LogP contribution < -0.4 is 10.1 Å². The third-order valence-corrected chi connectivity index (χ3v) is 3.49. The summed E-state index contributed by atoms with van der Waals surface area (Å²) in [6.07, 6.45) is 4.56. The Morgan fingerprint density at radius 2 is 2.08 bits per heavy atom. The van der Waals surface area contributed by atoms with Gasteiger partial charge in [-0.1, -0.05) is 11.6 Å². The molecule has 9 heteroatoms. The van der Waals surface area contributed by atoms with E-state index in [0.717, 1.165) is 10.9 Å². The summed E-state index contributed by atoms with van der Waals surface area (Å²) in [6.45, 7) is 0. The second-order valence-electron chi connectivity index (χ2n) is 4.76. The highest BCUT2D eigenvalue weighted by Gasteiger charge is 2.09. The van der Waals surface area contributed by atoms with Crippen LogP contribution in [0.25, 0.3) is 10.9 Å². The molecule has 0 unspecified atom stereocenters. The number of anilines is 2. The molecule has 118 valence electrons. The van der Waals surface area contributed by atoms with Crippen molar-refractivity contribution in [2.24, 2.45) is 0 Å². The smallest absolute Gasteiger partial charge is 0.238 e. The van der Waals surface area contributed by atoms with Crippen molar-refractivity contribution in [1.82, 2.24) is 30.1 Å². The highest BCUT2D eigenvalue weighted by atomic mass is 35.5. The molecule has 0 radical (unpaired) electrons. The summed E-state index contributed by atoms with van der Waals surface area (Å²) < 4.78 is 5.75. The number of aromatic amines is 1. The molecule has 0 saturated carbocycles. The normalized spacial score (nSPS) is 10.7. The summed E-state index contributed by atoms with van der Waals surface area (Å²) in [6, 6.07) is 8.88. The van der Waals surface area contributed by atoms with Crippen LogP contribution in [0.3, 0.4) is 0 Å². The minimum atomic E-state index is 0.333. The number of hydrogen-bond donors (Lipinski definition) is 2. The Morgan fingerprint density at radius 3 is 2.92 bits per heavy atom. The van der Waals surface area contributed by atoms with E-state index in [0.29, 0.717) is 28.4 Å². The van der Waals surface area contributed by atoms with E-state index in [9.17, 15) is 0 Å². The van der Waals surface area contributed by atoms with Crippen LogP contribution in [0.4, 0.5) is 11.8 Å². The van der Waals surface area contributed by atoms with Crippen molar-refractivity contribution in [3.63, 3.8) is 0 Å². The van der Waals surface area contributed by atoms with Crippen molar-refractivity contribution < 1.29 is 4.74 Å². The average molecular weight is 340 g/mol. The van der Waals surface area contributed by atoms with E-state index in [4.69, 9.17) is 16.3 Å². The van der Waals surface area contributed by atoms with E-state index in [1.165, 1.54) is 12.7 Å². The fraction of sp³-hybridized carbons (Fsp3) is 0. The third kappa shape index (κ3) is 2.82. The lowest BCUT2D eigenvalue weighted by Crippen LogP contribution is -1.98. The monoisotopic (exact) mass is 339 g/mol. The lowest BCUT2D eigenvalue weighted by atomic mass is 10.2. The van der Waals surface area contributed by atoms with Crippen LogP contribution >= 0.6 is 11.6 Å². The predicted octanol–water partition coefficient (Wildman–Crippen LogP) is 3.33. The molecule has 4 rings (SSSR count). The van der Waals surface area contributed by atoms with Gasteiger partial charge < -0.3 is 15.0 Å². The van der Waals surface area contributed by atoms with Crippen molar-refractivity contribution in [1.29, 1.82) is 0 Å². The van der Waals surface area contributed by atoms with E-state index in [2.05, 4.69) is 35.5 Å². The topological polar surface area (TPSA) is 102 Å². The number of ether oxygens (including phenoxy) is 1. The molecule has 0 spiro atoms. The van der Waals surface area contributed by atoms with Crippen molar-refractivity contribution in [2.75, 3.05) is 5.32 Å². The maximum absolute atomic E-state index is 6.07. The average Bonchev–Trinajstić information content (AvgIpc) is 3.11. The number of benzene rings is 1. The Morgan fingerprint density at radius 1 is 1.12 bits per heavy atom. The minimum absolute atomic E-state index is 0.333. The molecule has 0 aliphatic rings. The van der Waals surface area contributed by atoms with Gasteiger partial charge in [0.25, 0.3) is 0 Å². The van der Waals surface area contributed by atoms with Crippen molar-refractivity contribution in [3.05, 3.63) is 54.2 Å². The summed E-state index contributed by atoms with van der Waals surface area (Å²) >= 11 is 6.07. The fourth-order valence-electron chi connectivity index (χ4n) is 2.14. The molecule has 1 aromatic carbocycles. The molecule has 3 aromatic heterocycles. The van der Waals surface area contributed by atoms with Crippen LogP contribution in [0, 0.1) is 0 Å². The number of aromatic nitrogens is 6. The van der Waals surface area contributed by atoms with Crippen molar-refractivity contribution in [2.45, 2.75) is 0 Å². The fourth-order valence-corrected chi connectivity index (χ4v) is 2.30. The van der Waals surface area contributed by atoms with E-state index < -0.39 is 0 Å². The zero-order valence-corrected chi connectivity index (χ0v) is 12.9. The Labute approximate surface area is 140 Å². The Kier molecular flexibility index (Phi) is 3.64. The highest BCUT2D eigenvalue weighted by Crippen LogP contribution is 2.30. The number of fused-ring (bicyclic) bond motifs is 1. The van der Waals surface area contributed by atoms with Crippen molar-refractivity contribution >= 4 is 34.3 Å². The molecule has 0 aliphatic carbocycles. The SMILES string of the molecule is Clc1cccnc1Oc1ccc2ncnc(Nc3nnc[nH]3)c2c1. The van der Waals surface area contributed by atoms with Crippen LogP contribution in [-0.4, -0.2) is 30.1 Å². The molecule has 0 aliphatic heterocycles. The maximum Gasteiger partial charge on any atom is 0.238 e. The van der Waals surface area contributed by atoms with E-state index >= 15 is 0 Å². The predicted molar refractivity (Wildman–Crippen MR) is 88.5 cm³/mol. The van der Waals surface area contributed by atoms with Gasteiger partial charge in [0.15, 0.2) is 0 Å². The van der Waals surface area contributed by atoms with Crippen molar-refractivity contribution in [3.8, 4) is 11.6 Å². The van der Waals surface area contributed by atoms with Gasteiger partial charge in [-0.3, -0.25) is 0 Å². The van der Waals surface area contributed by atoms with Crippen LogP contribution in [0.5, 0.6) is 11.6 Å². The molecule has 2 N–H and O–H groups in total. The second kappa shape index (κ2) is 6.09. The van der Waals surface area contributed by atoms with Gasteiger partial charge in [0.05, 0.1) is 5.52 Å². The number of halogens is 1. The zero-order valence-electron chi connectivity index (χ0n) is 12.1. The largest absolute Gasteiger partial charge is 0.438 e. The van der Waals surface area contributed by atoms with Gasteiger partial charge in [-0.15, -0.1) is 10.2 Å². The highest BCUT2D eigenvalue weighted by molar-refractivity contribution is 6.31. The maximum atomic E-state index is 6.07. The molecule has 24 heavy (non-hydrogen) atoms. The standard InChI is InChI=1S/C15H10ClN7O/c16-11-2-1-5-17-14(11)24-9-3-4-12-10(6-9)13(19-7-18-12)22-15-20-8-21-23-15/h1-8H,(H2,18,19,20,21,22,23). The quantitative estimate of drug-likeness (QED) is 0.588. The number of H-pyrrole nitrogens is 1.